The molecule has 2 saturated carbocycles. The van der Waals surface area contributed by atoms with Crippen molar-refractivity contribution in [1.29, 1.82) is 5.26 Å². The van der Waals surface area contributed by atoms with Crippen LogP contribution in [-0.4, -0.2) is 0 Å². The number of nitriles is 1. The molecule has 0 aromatic carbocycles. The van der Waals surface area contributed by atoms with Gasteiger partial charge in [-0.1, -0.05) is 78.1 Å². The lowest BCUT2D eigenvalue weighted by atomic mass is 9.91. The second-order valence-electron chi connectivity index (χ2n) is 5.71. The normalized spacial score (nSPS) is 21.3. The minimum atomic E-state index is 1.04. The summed E-state index contributed by atoms with van der Waals surface area (Å²) >= 11 is 0. The molecule has 0 heterocycles. The van der Waals surface area contributed by atoms with Crippen molar-refractivity contribution < 1.29 is 0 Å². The van der Waals surface area contributed by atoms with Gasteiger partial charge in [-0.3, -0.25) is 0 Å². The predicted molar refractivity (Wildman–Crippen MR) is 75.8 cm³/mol. The first kappa shape index (κ1) is 16.5. The first-order valence-electron chi connectivity index (χ1n) is 7.51. The van der Waals surface area contributed by atoms with Crippen LogP contribution in [0, 0.1) is 23.2 Å². The largest absolute Gasteiger partial charge is 0.199 e. The SMILES string of the molecule is CC#N.CC1CCCCC1.CC1CCCCC1. The summed E-state index contributed by atoms with van der Waals surface area (Å²) in [6.07, 6.45) is 14.9. The van der Waals surface area contributed by atoms with Gasteiger partial charge in [-0.15, -0.1) is 0 Å². The quantitative estimate of drug-likeness (QED) is 0.530. The van der Waals surface area contributed by atoms with Crippen molar-refractivity contribution in [1.82, 2.24) is 0 Å². The highest BCUT2D eigenvalue weighted by molar-refractivity contribution is 4.60. The summed E-state index contributed by atoms with van der Waals surface area (Å²) in [6, 6.07) is 1.75. The van der Waals surface area contributed by atoms with Crippen LogP contribution in [0.2, 0.25) is 0 Å². The van der Waals surface area contributed by atoms with Gasteiger partial charge in [0.1, 0.15) is 0 Å². The smallest absolute Gasteiger partial charge is 0.0587 e. The van der Waals surface area contributed by atoms with E-state index in [0.29, 0.717) is 0 Å². The van der Waals surface area contributed by atoms with Crippen LogP contribution in [-0.2, 0) is 0 Å². The van der Waals surface area contributed by atoms with Crippen LogP contribution in [0.3, 0.4) is 0 Å². The van der Waals surface area contributed by atoms with Gasteiger partial charge in [-0.25, -0.2) is 0 Å². The Labute approximate surface area is 109 Å². The molecule has 0 unspecified atom stereocenters. The fraction of sp³-hybridized carbons (Fsp3) is 0.938. The van der Waals surface area contributed by atoms with E-state index in [1.54, 1.807) is 6.07 Å². The van der Waals surface area contributed by atoms with Crippen LogP contribution in [0.5, 0.6) is 0 Å². The fourth-order valence-electron chi connectivity index (χ4n) is 2.61. The molecule has 0 amide bonds. The Morgan fingerprint density at radius 3 is 1.06 bits per heavy atom. The van der Waals surface area contributed by atoms with Crippen LogP contribution < -0.4 is 0 Å². The highest BCUT2D eigenvalue weighted by Gasteiger charge is 2.06. The maximum absolute atomic E-state index is 7.32. The average molecular weight is 237 g/mol. The van der Waals surface area contributed by atoms with Crippen molar-refractivity contribution in [3.8, 4) is 6.07 Å². The molecule has 0 spiro atoms. The second kappa shape index (κ2) is 12.0. The molecule has 0 atom stereocenters. The molecule has 0 aromatic rings. The monoisotopic (exact) mass is 237 g/mol. The zero-order valence-electron chi connectivity index (χ0n) is 12.2. The molecule has 0 aromatic heterocycles. The maximum Gasteiger partial charge on any atom is 0.0587 e. The second-order valence-corrected chi connectivity index (χ2v) is 5.71. The first-order valence-corrected chi connectivity index (χ1v) is 7.51. The minimum Gasteiger partial charge on any atom is -0.199 e. The summed E-state index contributed by atoms with van der Waals surface area (Å²) in [5.41, 5.74) is 0. The average Bonchev–Trinajstić information content (AvgIpc) is 2.33. The number of hydrogen-bond donors (Lipinski definition) is 0. The molecular weight excluding hydrogens is 206 g/mol. The van der Waals surface area contributed by atoms with Crippen molar-refractivity contribution in [3.63, 3.8) is 0 Å². The van der Waals surface area contributed by atoms with Crippen molar-refractivity contribution >= 4 is 0 Å². The van der Waals surface area contributed by atoms with E-state index in [1.807, 2.05) is 0 Å². The Balaban J connectivity index is 0.000000247. The zero-order chi connectivity index (χ0) is 12.9. The van der Waals surface area contributed by atoms with E-state index in [1.165, 1.54) is 71.1 Å². The van der Waals surface area contributed by atoms with Crippen molar-refractivity contribution in [2.75, 3.05) is 0 Å². The molecule has 100 valence electrons. The molecule has 2 aliphatic carbocycles. The third kappa shape index (κ3) is 11.7. The van der Waals surface area contributed by atoms with Gasteiger partial charge in [0, 0.05) is 6.92 Å². The third-order valence-electron chi connectivity index (χ3n) is 3.79. The Bertz CT molecular complexity index is 164. The lowest BCUT2D eigenvalue weighted by Crippen LogP contribution is -1.99. The Morgan fingerprint density at radius 1 is 0.706 bits per heavy atom. The highest BCUT2D eigenvalue weighted by atomic mass is 14.2. The molecule has 1 heteroatoms. The minimum absolute atomic E-state index is 1.04. The maximum atomic E-state index is 7.32. The van der Waals surface area contributed by atoms with Gasteiger partial charge >= 0.3 is 0 Å². The molecule has 0 saturated heterocycles. The molecule has 2 fully saturated rings. The van der Waals surface area contributed by atoms with E-state index in [-0.39, 0.29) is 0 Å². The van der Waals surface area contributed by atoms with Crippen LogP contribution in [0.4, 0.5) is 0 Å². The lowest BCUT2D eigenvalue weighted by molar-refractivity contribution is 0.385. The Kier molecular flexibility index (Phi) is 11.6. The number of hydrogen-bond acceptors (Lipinski definition) is 1. The molecule has 0 bridgehead atoms. The molecular formula is C16H31N. The van der Waals surface area contributed by atoms with Gasteiger partial charge in [-0.2, -0.15) is 5.26 Å². The Hall–Kier alpha value is -0.510. The summed E-state index contributed by atoms with van der Waals surface area (Å²) in [4.78, 5) is 0. The van der Waals surface area contributed by atoms with Crippen molar-refractivity contribution in [2.45, 2.75) is 85.0 Å². The summed E-state index contributed by atoms with van der Waals surface area (Å²) in [5.74, 6) is 2.07. The molecule has 2 aliphatic rings. The van der Waals surface area contributed by atoms with E-state index < -0.39 is 0 Å². The van der Waals surface area contributed by atoms with E-state index >= 15 is 0 Å². The van der Waals surface area contributed by atoms with Gasteiger partial charge in [0.05, 0.1) is 6.07 Å². The zero-order valence-corrected chi connectivity index (χ0v) is 12.2. The molecule has 0 aliphatic heterocycles. The summed E-state index contributed by atoms with van der Waals surface area (Å²) in [5, 5.41) is 7.32. The van der Waals surface area contributed by atoms with Gasteiger partial charge < -0.3 is 0 Å². The summed E-state index contributed by atoms with van der Waals surface area (Å²) in [6.45, 7) is 6.15. The summed E-state index contributed by atoms with van der Waals surface area (Å²) in [7, 11) is 0. The summed E-state index contributed by atoms with van der Waals surface area (Å²) < 4.78 is 0. The van der Waals surface area contributed by atoms with Crippen LogP contribution in [0.15, 0.2) is 0 Å². The molecule has 0 N–H and O–H groups in total. The van der Waals surface area contributed by atoms with Crippen LogP contribution in [0.1, 0.15) is 85.0 Å². The van der Waals surface area contributed by atoms with Crippen molar-refractivity contribution in [3.05, 3.63) is 0 Å². The number of nitrogens with zero attached hydrogens (tertiary/aromatic N) is 1. The third-order valence-corrected chi connectivity index (χ3v) is 3.79. The van der Waals surface area contributed by atoms with Gasteiger partial charge in [0.2, 0.25) is 0 Å². The topological polar surface area (TPSA) is 23.8 Å². The van der Waals surface area contributed by atoms with E-state index in [2.05, 4.69) is 13.8 Å². The predicted octanol–water partition coefficient (Wildman–Crippen LogP) is 5.70. The Morgan fingerprint density at radius 2 is 0.941 bits per heavy atom. The van der Waals surface area contributed by atoms with Gasteiger partial charge in [-0.05, 0) is 11.8 Å². The standard InChI is InChI=1S/2C7H14.C2H3N/c2*1-7-5-3-2-4-6-7;1-2-3/h2*7H,2-6H2,1H3;1H3. The van der Waals surface area contributed by atoms with Crippen LogP contribution >= 0.6 is 0 Å². The fourth-order valence-corrected chi connectivity index (χ4v) is 2.61. The molecule has 1 nitrogen and oxygen atoms in total. The number of rotatable bonds is 0. The van der Waals surface area contributed by atoms with Crippen molar-refractivity contribution in [2.24, 2.45) is 11.8 Å². The van der Waals surface area contributed by atoms with Gasteiger partial charge in [0.25, 0.3) is 0 Å². The molecule has 17 heavy (non-hydrogen) atoms. The van der Waals surface area contributed by atoms with E-state index in [9.17, 15) is 0 Å². The molecule has 2 rings (SSSR count). The lowest BCUT2D eigenvalue weighted by Gasteiger charge is -2.15. The van der Waals surface area contributed by atoms with E-state index in [0.717, 1.165) is 11.8 Å². The van der Waals surface area contributed by atoms with Crippen LogP contribution in [0.25, 0.3) is 0 Å². The van der Waals surface area contributed by atoms with Gasteiger partial charge in [0.15, 0.2) is 0 Å². The first-order chi connectivity index (χ1) is 8.20. The van der Waals surface area contributed by atoms with E-state index in [4.69, 9.17) is 5.26 Å². The highest BCUT2D eigenvalue weighted by Crippen LogP contribution is 2.22. The molecule has 0 radical (unpaired) electrons.